The van der Waals surface area contributed by atoms with E-state index in [1.165, 1.54) is 24.3 Å². The van der Waals surface area contributed by atoms with Crippen LogP contribution in [0.2, 0.25) is 0 Å². The predicted molar refractivity (Wildman–Crippen MR) is 71.3 cm³/mol. The molecule has 0 aliphatic carbocycles. The van der Waals surface area contributed by atoms with Crippen LogP contribution < -0.4 is 0 Å². The fourth-order valence-electron chi connectivity index (χ4n) is 1.52. The van der Waals surface area contributed by atoms with Gasteiger partial charge in [-0.05, 0) is 41.5 Å². The van der Waals surface area contributed by atoms with Gasteiger partial charge in [-0.25, -0.2) is 8.78 Å². The van der Waals surface area contributed by atoms with Crippen molar-refractivity contribution in [1.82, 2.24) is 0 Å². The molecule has 0 saturated carbocycles. The van der Waals surface area contributed by atoms with E-state index in [-0.39, 0.29) is 16.5 Å². The van der Waals surface area contributed by atoms with Gasteiger partial charge in [0.2, 0.25) is 0 Å². The quantitative estimate of drug-likeness (QED) is 0.644. The first-order valence-corrected chi connectivity index (χ1v) is 6.63. The van der Waals surface area contributed by atoms with Crippen LogP contribution in [-0.2, 0) is 0 Å². The smallest absolute Gasteiger partial charge is 0.123 e. The summed E-state index contributed by atoms with van der Waals surface area (Å²) in [6.45, 7) is 0. The van der Waals surface area contributed by atoms with E-state index in [0.717, 1.165) is 15.6 Å². The van der Waals surface area contributed by atoms with Crippen molar-refractivity contribution in [2.75, 3.05) is 0 Å². The molecule has 17 heavy (non-hydrogen) atoms. The van der Waals surface area contributed by atoms with Crippen molar-refractivity contribution in [3.8, 4) is 0 Å². The van der Waals surface area contributed by atoms with Gasteiger partial charge in [0.05, 0.1) is 4.83 Å². The van der Waals surface area contributed by atoms with Gasteiger partial charge in [0.1, 0.15) is 11.6 Å². The van der Waals surface area contributed by atoms with Crippen LogP contribution in [0.25, 0.3) is 0 Å². The fourth-order valence-corrected chi connectivity index (χ4v) is 2.99. The van der Waals surface area contributed by atoms with E-state index in [1.54, 1.807) is 18.2 Å². The molecule has 0 bridgehead atoms. The van der Waals surface area contributed by atoms with Gasteiger partial charge in [0.15, 0.2) is 0 Å². The average molecular weight is 362 g/mol. The molecule has 0 nitrogen and oxygen atoms in total. The van der Waals surface area contributed by atoms with Gasteiger partial charge in [-0.3, -0.25) is 0 Å². The fraction of sp³-hybridized carbons (Fsp3) is 0.0769. The van der Waals surface area contributed by atoms with Crippen LogP contribution >= 0.6 is 31.9 Å². The Balaban J connectivity index is 2.39. The highest BCUT2D eigenvalue weighted by atomic mass is 79.9. The first-order chi connectivity index (χ1) is 8.08. The van der Waals surface area contributed by atoms with Crippen molar-refractivity contribution in [2.45, 2.75) is 4.83 Å². The van der Waals surface area contributed by atoms with Gasteiger partial charge in [-0.2, -0.15) is 0 Å². The van der Waals surface area contributed by atoms with Crippen molar-refractivity contribution in [3.63, 3.8) is 0 Å². The Morgan fingerprint density at radius 2 is 1.47 bits per heavy atom. The summed E-state index contributed by atoms with van der Waals surface area (Å²) in [5.41, 5.74) is 1.65. The first kappa shape index (κ1) is 12.7. The van der Waals surface area contributed by atoms with E-state index in [1.807, 2.05) is 0 Å². The number of hydrogen-bond donors (Lipinski definition) is 0. The summed E-state index contributed by atoms with van der Waals surface area (Å²) in [5, 5.41) is 0. The normalized spacial score (nSPS) is 12.5. The molecular weight excluding hydrogens is 354 g/mol. The number of halogens is 4. The Hall–Kier alpha value is -0.740. The zero-order valence-corrected chi connectivity index (χ0v) is 11.8. The molecule has 0 saturated heterocycles. The highest BCUT2D eigenvalue weighted by molar-refractivity contribution is 9.11. The molecule has 0 amide bonds. The Kier molecular flexibility index (Phi) is 3.94. The topological polar surface area (TPSA) is 0 Å². The maximum absolute atomic E-state index is 13.2. The number of rotatable bonds is 2. The molecule has 2 rings (SSSR count). The SMILES string of the molecule is Fc1ccc(C(Br)c2cc(F)ccc2Br)cc1. The van der Waals surface area contributed by atoms with E-state index in [0.29, 0.717) is 0 Å². The van der Waals surface area contributed by atoms with Crippen molar-refractivity contribution in [1.29, 1.82) is 0 Å². The molecule has 0 aliphatic rings. The lowest BCUT2D eigenvalue weighted by Crippen LogP contribution is -1.95. The number of hydrogen-bond acceptors (Lipinski definition) is 0. The molecule has 0 aromatic heterocycles. The summed E-state index contributed by atoms with van der Waals surface area (Å²) in [4.78, 5) is -0.173. The lowest BCUT2D eigenvalue weighted by atomic mass is 10.0. The molecule has 0 aliphatic heterocycles. The van der Waals surface area contributed by atoms with E-state index in [2.05, 4.69) is 31.9 Å². The molecule has 1 atom stereocenters. The maximum Gasteiger partial charge on any atom is 0.123 e. The Labute approximate surface area is 115 Å². The van der Waals surface area contributed by atoms with Crippen LogP contribution in [0.3, 0.4) is 0 Å². The van der Waals surface area contributed by atoms with Gasteiger partial charge >= 0.3 is 0 Å². The summed E-state index contributed by atoms with van der Waals surface area (Å²) < 4.78 is 26.8. The highest BCUT2D eigenvalue weighted by Crippen LogP contribution is 2.35. The third-order valence-corrected chi connectivity index (χ3v) is 4.14. The van der Waals surface area contributed by atoms with E-state index >= 15 is 0 Å². The molecule has 0 heterocycles. The second kappa shape index (κ2) is 5.27. The van der Waals surface area contributed by atoms with E-state index in [4.69, 9.17) is 0 Å². The van der Waals surface area contributed by atoms with Gasteiger partial charge in [-0.1, -0.05) is 44.0 Å². The van der Waals surface area contributed by atoms with Gasteiger partial charge in [0.25, 0.3) is 0 Å². The molecule has 0 spiro atoms. The van der Waals surface area contributed by atoms with Crippen LogP contribution in [0.15, 0.2) is 46.9 Å². The molecule has 1 unspecified atom stereocenters. The van der Waals surface area contributed by atoms with Gasteiger partial charge < -0.3 is 0 Å². The van der Waals surface area contributed by atoms with Crippen molar-refractivity contribution >= 4 is 31.9 Å². The molecule has 88 valence electrons. The standard InChI is InChI=1S/C13H8Br2F2/c14-12-6-5-10(17)7-11(12)13(15)8-1-3-9(16)4-2-8/h1-7,13H. The minimum atomic E-state index is -0.297. The van der Waals surface area contributed by atoms with E-state index in [9.17, 15) is 8.78 Å². The number of alkyl halides is 1. The Morgan fingerprint density at radius 3 is 2.12 bits per heavy atom. The largest absolute Gasteiger partial charge is 0.207 e. The van der Waals surface area contributed by atoms with E-state index < -0.39 is 0 Å². The van der Waals surface area contributed by atoms with Crippen LogP contribution in [-0.4, -0.2) is 0 Å². The summed E-state index contributed by atoms with van der Waals surface area (Å²) in [6.07, 6.45) is 0. The molecular formula is C13H8Br2F2. The second-order valence-corrected chi connectivity index (χ2v) is 5.35. The molecule has 2 aromatic carbocycles. The third-order valence-electron chi connectivity index (χ3n) is 2.39. The lowest BCUT2D eigenvalue weighted by Gasteiger charge is -2.12. The first-order valence-electron chi connectivity index (χ1n) is 4.92. The van der Waals surface area contributed by atoms with Gasteiger partial charge in [0, 0.05) is 4.47 Å². The second-order valence-electron chi connectivity index (χ2n) is 3.58. The molecule has 0 radical (unpaired) electrons. The molecule has 0 fully saturated rings. The average Bonchev–Trinajstić information content (AvgIpc) is 2.32. The monoisotopic (exact) mass is 360 g/mol. The van der Waals surface area contributed by atoms with Gasteiger partial charge in [-0.15, -0.1) is 0 Å². The third kappa shape index (κ3) is 2.93. The summed E-state index contributed by atoms with van der Waals surface area (Å²) in [6, 6.07) is 10.6. The van der Waals surface area contributed by atoms with Crippen LogP contribution in [0, 0.1) is 11.6 Å². The van der Waals surface area contributed by atoms with Crippen molar-refractivity contribution in [3.05, 3.63) is 69.7 Å². The minimum absolute atomic E-state index is 0.173. The summed E-state index contributed by atoms with van der Waals surface area (Å²) in [5.74, 6) is -0.582. The molecule has 2 aromatic rings. The summed E-state index contributed by atoms with van der Waals surface area (Å²) in [7, 11) is 0. The van der Waals surface area contributed by atoms with Crippen molar-refractivity contribution in [2.24, 2.45) is 0 Å². The van der Waals surface area contributed by atoms with Crippen LogP contribution in [0.5, 0.6) is 0 Å². The number of benzene rings is 2. The molecule has 0 N–H and O–H groups in total. The summed E-state index contributed by atoms with van der Waals surface area (Å²) >= 11 is 6.86. The predicted octanol–water partition coefficient (Wildman–Crippen LogP) is 5.21. The Bertz CT molecular complexity index is 523. The highest BCUT2D eigenvalue weighted by Gasteiger charge is 2.14. The molecule has 4 heteroatoms. The van der Waals surface area contributed by atoms with Crippen LogP contribution in [0.4, 0.5) is 8.78 Å². The van der Waals surface area contributed by atoms with Crippen LogP contribution in [0.1, 0.15) is 16.0 Å². The van der Waals surface area contributed by atoms with Crippen molar-refractivity contribution < 1.29 is 8.78 Å². The zero-order valence-electron chi connectivity index (χ0n) is 8.63. The maximum atomic E-state index is 13.2. The zero-order chi connectivity index (χ0) is 12.4. The Morgan fingerprint density at radius 1 is 0.882 bits per heavy atom. The lowest BCUT2D eigenvalue weighted by molar-refractivity contribution is 0.624. The minimum Gasteiger partial charge on any atom is -0.207 e.